The third-order valence-corrected chi connectivity index (χ3v) is 10.6. The lowest BCUT2D eigenvalue weighted by molar-refractivity contribution is -0.167. The molecule has 0 aliphatic carbocycles. The molecule has 0 fully saturated rings. The van der Waals surface area contributed by atoms with Crippen molar-refractivity contribution in [2.75, 3.05) is 13.2 Å². The lowest BCUT2D eigenvalue weighted by Crippen LogP contribution is -2.30. The fraction of sp³-hybridized carbons (Fsp3) is 0.824. The van der Waals surface area contributed by atoms with Crippen LogP contribution < -0.4 is 0 Å². The molecular weight excluding hydrogens is 709 g/mol. The number of allylic oxidation sites excluding steroid dienone is 6. The predicted octanol–water partition coefficient (Wildman–Crippen LogP) is 15.8. The van der Waals surface area contributed by atoms with Crippen molar-refractivity contribution < 1.29 is 28.6 Å². The van der Waals surface area contributed by atoms with E-state index >= 15 is 0 Å². The van der Waals surface area contributed by atoms with E-state index in [-0.39, 0.29) is 31.1 Å². The van der Waals surface area contributed by atoms with Gasteiger partial charge in [-0.25, -0.2) is 0 Å². The highest BCUT2D eigenvalue weighted by molar-refractivity contribution is 5.71. The van der Waals surface area contributed by atoms with Crippen molar-refractivity contribution in [1.29, 1.82) is 0 Å². The van der Waals surface area contributed by atoms with E-state index in [1.807, 2.05) is 0 Å². The van der Waals surface area contributed by atoms with Crippen molar-refractivity contribution in [3.05, 3.63) is 36.5 Å². The summed E-state index contributed by atoms with van der Waals surface area (Å²) in [6, 6.07) is 0. The van der Waals surface area contributed by atoms with Gasteiger partial charge in [0, 0.05) is 19.3 Å². The lowest BCUT2D eigenvalue weighted by Gasteiger charge is -2.18. The van der Waals surface area contributed by atoms with Gasteiger partial charge in [0.15, 0.2) is 6.10 Å². The van der Waals surface area contributed by atoms with Gasteiger partial charge in [-0.2, -0.15) is 0 Å². The molecule has 0 radical (unpaired) electrons. The smallest absolute Gasteiger partial charge is 0.306 e. The van der Waals surface area contributed by atoms with Crippen LogP contribution in [0.5, 0.6) is 0 Å². The quantitative estimate of drug-likeness (QED) is 0.0264. The van der Waals surface area contributed by atoms with Gasteiger partial charge in [-0.15, -0.1) is 0 Å². The Balaban J connectivity index is 4.38. The zero-order chi connectivity index (χ0) is 41.5. The molecule has 0 aliphatic heterocycles. The zero-order valence-corrected chi connectivity index (χ0v) is 37.9. The number of unbranched alkanes of at least 4 members (excludes halogenated alkanes) is 27. The third kappa shape index (κ3) is 44.6. The minimum absolute atomic E-state index is 0.0776. The van der Waals surface area contributed by atoms with Crippen LogP contribution in [0.4, 0.5) is 0 Å². The van der Waals surface area contributed by atoms with Crippen LogP contribution in [0.1, 0.15) is 252 Å². The Morgan fingerprint density at radius 3 is 1.02 bits per heavy atom. The molecule has 0 spiro atoms. The molecule has 0 heterocycles. The minimum atomic E-state index is -0.777. The Kier molecular flexibility index (Phi) is 44.4. The molecule has 6 nitrogen and oxygen atoms in total. The molecule has 0 aromatic carbocycles. The molecule has 0 amide bonds. The second kappa shape index (κ2) is 46.3. The molecule has 6 heteroatoms. The summed E-state index contributed by atoms with van der Waals surface area (Å²) in [5.74, 6) is -0.896. The van der Waals surface area contributed by atoms with Gasteiger partial charge in [-0.05, 0) is 77.0 Å². The standard InChI is InChI=1S/C51H92O6/c1-4-7-10-13-16-19-22-25-26-27-30-32-35-38-41-44-50(53)56-47-48(57-51(54)45-42-39-36-33-29-24-21-18-15-12-9-6-3)46-55-49(52)43-40-37-34-31-28-23-20-17-14-11-8-5-2/h16,18-19,21,25-26,48H,4-15,17,20,22-24,27-47H2,1-3H3/b19-16-,21-18-,26-25-. The molecule has 332 valence electrons. The van der Waals surface area contributed by atoms with Gasteiger partial charge < -0.3 is 14.2 Å². The molecule has 0 rings (SSSR count). The molecule has 0 saturated carbocycles. The number of carbonyl (C=O) groups excluding carboxylic acids is 3. The summed E-state index contributed by atoms with van der Waals surface area (Å²) in [7, 11) is 0. The fourth-order valence-electron chi connectivity index (χ4n) is 6.88. The molecule has 0 aliphatic rings. The molecule has 0 aromatic heterocycles. The normalized spacial score (nSPS) is 12.3. The maximum absolute atomic E-state index is 12.7. The van der Waals surface area contributed by atoms with Crippen molar-refractivity contribution in [2.45, 2.75) is 258 Å². The highest BCUT2D eigenvalue weighted by Gasteiger charge is 2.19. The first kappa shape index (κ1) is 54.6. The first-order valence-corrected chi connectivity index (χ1v) is 24.5. The summed E-state index contributed by atoms with van der Waals surface area (Å²) < 4.78 is 16.7. The van der Waals surface area contributed by atoms with Gasteiger partial charge in [-0.1, -0.05) is 192 Å². The SMILES string of the molecule is CCCCC/C=C\C/C=C\CCCCCCCC(=O)OCC(COC(=O)CCCCCCCCCCCCCC)OC(=O)CCCCCCC/C=C\CCCCC. The number of hydrogen-bond donors (Lipinski definition) is 0. The van der Waals surface area contributed by atoms with E-state index in [1.165, 1.54) is 122 Å². The van der Waals surface area contributed by atoms with E-state index in [0.29, 0.717) is 19.3 Å². The first-order valence-electron chi connectivity index (χ1n) is 24.5. The fourth-order valence-corrected chi connectivity index (χ4v) is 6.88. The molecule has 1 atom stereocenters. The van der Waals surface area contributed by atoms with Crippen LogP contribution in [0.3, 0.4) is 0 Å². The molecule has 1 unspecified atom stereocenters. The zero-order valence-electron chi connectivity index (χ0n) is 37.9. The monoisotopic (exact) mass is 801 g/mol. The number of rotatable bonds is 44. The van der Waals surface area contributed by atoms with E-state index in [2.05, 4.69) is 57.2 Å². The summed E-state index contributed by atoms with van der Waals surface area (Å²) in [6.07, 6.45) is 52.6. The van der Waals surface area contributed by atoms with Crippen LogP contribution in [-0.2, 0) is 28.6 Å². The highest BCUT2D eigenvalue weighted by Crippen LogP contribution is 2.14. The molecule has 0 N–H and O–H groups in total. The van der Waals surface area contributed by atoms with E-state index < -0.39 is 6.10 Å². The average Bonchev–Trinajstić information content (AvgIpc) is 3.21. The number of ether oxygens (including phenoxy) is 3. The number of carbonyl (C=O) groups is 3. The lowest BCUT2D eigenvalue weighted by atomic mass is 10.0. The Morgan fingerprint density at radius 1 is 0.351 bits per heavy atom. The Morgan fingerprint density at radius 2 is 0.632 bits per heavy atom. The predicted molar refractivity (Wildman–Crippen MR) is 242 cm³/mol. The summed E-state index contributed by atoms with van der Waals surface area (Å²) in [6.45, 7) is 6.57. The summed E-state index contributed by atoms with van der Waals surface area (Å²) in [5.41, 5.74) is 0. The van der Waals surface area contributed by atoms with Gasteiger partial charge in [0.2, 0.25) is 0 Å². The average molecular weight is 801 g/mol. The van der Waals surface area contributed by atoms with Crippen molar-refractivity contribution in [1.82, 2.24) is 0 Å². The second-order valence-electron chi connectivity index (χ2n) is 16.4. The minimum Gasteiger partial charge on any atom is -0.462 e. The second-order valence-corrected chi connectivity index (χ2v) is 16.4. The van der Waals surface area contributed by atoms with Crippen molar-refractivity contribution in [3.63, 3.8) is 0 Å². The number of hydrogen-bond acceptors (Lipinski definition) is 6. The third-order valence-electron chi connectivity index (χ3n) is 10.6. The molecule has 0 bridgehead atoms. The van der Waals surface area contributed by atoms with Crippen molar-refractivity contribution >= 4 is 17.9 Å². The van der Waals surface area contributed by atoms with Crippen LogP contribution in [0.25, 0.3) is 0 Å². The van der Waals surface area contributed by atoms with E-state index in [4.69, 9.17) is 14.2 Å². The highest BCUT2D eigenvalue weighted by atomic mass is 16.6. The van der Waals surface area contributed by atoms with E-state index in [0.717, 1.165) is 89.9 Å². The number of esters is 3. The Labute approximate surface area is 353 Å². The molecular formula is C51H92O6. The summed E-state index contributed by atoms with van der Waals surface area (Å²) in [4.78, 5) is 37.8. The summed E-state index contributed by atoms with van der Waals surface area (Å²) >= 11 is 0. The van der Waals surface area contributed by atoms with Crippen LogP contribution in [0.2, 0.25) is 0 Å². The summed E-state index contributed by atoms with van der Waals surface area (Å²) in [5, 5.41) is 0. The maximum Gasteiger partial charge on any atom is 0.306 e. The van der Waals surface area contributed by atoms with Gasteiger partial charge in [0.05, 0.1) is 0 Å². The van der Waals surface area contributed by atoms with Crippen LogP contribution in [0.15, 0.2) is 36.5 Å². The van der Waals surface area contributed by atoms with Gasteiger partial charge in [-0.3, -0.25) is 14.4 Å². The maximum atomic E-state index is 12.7. The van der Waals surface area contributed by atoms with Crippen LogP contribution in [0, 0.1) is 0 Å². The van der Waals surface area contributed by atoms with E-state index in [9.17, 15) is 14.4 Å². The molecule has 0 saturated heterocycles. The van der Waals surface area contributed by atoms with Gasteiger partial charge in [0.25, 0.3) is 0 Å². The largest absolute Gasteiger partial charge is 0.462 e. The van der Waals surface area contributed by atoms with Crippen molar-refractivity contribution in [3.8, 4) is 0 Å². The van der Waals surface area contributed by atoms with Gasteiger partial charge in [0.1, 0.15) is 13.2 Å². The Bertz CT molecular complexity index is 969. The van der Waals surface area contributed by atoms with Crippen molar-refractivity contribution in [2.24, 2.45) is 0 Å². The van der Waals surface area contributed by atoms with E-state index in [1.54, 1.807) is 0 Å². The van der Waals surface area contributed by atoms with Crippen LogP contribution in [-0.4, -0.2) is 37.2 Å². The first-order chi connectivity index (χ1) is 28.0. The topological polar surface area (TPSA) is 78.9 Å². The Hall–Kier alpha value is -2.37. The molecule has 57 heavy (non-hydrogen) atoms. The van der Waals surface area contributed by atoms with Gasteiger partial charge >= 0.3 is 17.9 Å². The molecule has 0 aromatic rings. The van der Waals surface area contributed by atoms with Crippen LogP contribution >= 0.6 is 0 Å².